The fourth-order valence-corrected chi connectivity index (χ4v) is 3.28. The standard InChI is InChI=1S/C19H17N5O4/c20-12-15-19(28-18(21-15)17-6-3-11-27-17)23-9-7-22(8-10-23)13-14-4-1-2-5-16(14)24(25)26/h1-6,11H,7-10,13H2. The first kappa shape index (κ1) is 17.8. The van der Waals surface area contributed by atoms with Crippen molar-refractivity contribution in [3.05, 3.63) is 64.0 Å². The van der Waals surface area contributed by atoms with Gasteiger partial charge in [-0.2, -0.15) is 10.2 Å². The average Bonchev–Trinajstić information content (AvgIpc) is 3.38. The van der Waals surface area contributed by atoms with Crippen LogP contribution in [0.1, 0.15) is 11.3 Å². The lowest BCUT2D eigenvalue weighted by molar-refractivity contribution is -0.385. The van der Waals surface area contributed by atoms with E-state index in [1.165, 1.54) is 12.3 Å². The Hall–Kier alpha value is -3.64. The molecule has 4 rings (SSSR count). The summed E-state index contributed by atoms with van der Waals surface area (Å²) in [6.07, 6.45) is 1.52. The van der Waals surface area contributed by atoms with Crippen LogP contribution in [0, 0.1) is 21.4 Å². The number of hydrogen-bond acceptors (Lipinski definition) is 8. The SMILES string of the molecule is N#Cc1nc(-c2ccco2)oc1N1CCN(Cc2ccccc2[N+](=O)[O-])CC1. The molecule has 0 saturated carbocycles. The number of benzene rings is 1. The van der Waals surface area contributed by atoms with Crippen LogP contribution in [-0.4, -0.2) is 41.0 Å². The number of nitro groups is 1. The Bertz CT molecular complexity index is 1010. The van der Waals surface area contributed by atoms with Gasteiger partial charge >= 0.3 is 0 Å². The van der Waals surface area contributed by atoms with Gasteiger partial charge in [-0.15, -0.1) is 0 Å². The first-order chi connectivity index (χ1) is 13.7. The van der Waals surface area contributed by atoms with Gasteiger partial charge in [0.2, 0.25) is 11.6 Å². The van der Waals surface area contributed by atoms with Crippen molar-refractivity contribution in [3.63, 3.8) is 0 Å². The average molecular weight is 379 g/mol. The number of nitrogens with zero attached hydrogens (tertiary/aromatic N) is 5. The van der Waals surface area contributed by atoms with Crippen molar-refractivity contribution < 1.29 is 13.8 Å². The molecule has 0 bridgehead atoms. The van der Waals surface area contributed by atoms with Gasteiger partial charge in [0.25, 0.3) is 11.6 Å². The maximum atomic E-state index is 11.2. The van der Waals surface area contributed by atoms with E-state index in [0.29, 0.717) is 49.9 Å². The topological polar surface area (TPSA) is 113 Å². The molecule has 3 aromatic rings. The zero-order valence-electron chi connectivity index (χ0n) is 14.9. The summed E-state index contributed by atoms with van der Waals surface area (Å²) in [6.45, 7) is 3.13. The number of piperazine rings is 1. The summed E-state index contributed by atoms with van der Waals surface area (Å²) in [6, 6.07) is 12.3. The molecule has 142 valence electrons. The van der Waals surface area contributed by atoms with Gasteiger partial charge < -0.3 is 13.7 Å². The predicted octanol–water partition coefficient (Wildman–Crippen LogP) is 3.04. The largest absolute Gasteiger partial charge is 0.459 e. The van der Waals surface area contributed by atoms with Gasteiger partial charge in [0.15, 0.2) is 5.76 Å². The molecule has 28 heavy (non-hydrogen) atoms. The molecule has 1 aromatic carbocycles. The third-order valence-corrected chi connectivity index (χ3v) is 4.69. The highest BCUT2D eigenvalue weighted by molar-refractivity contribution is 5.55. The van der Waals surface area contributed by atoms with E-state index in [0.717, 1.165) is 0 Å². The molecule has 1 aliphatic heterocycles. The lowest BCUT2D eigenvalue weighted by Gasteiger charge is -2.34. The summed E-state index contributed by atoms with van der Waals surface area (Å²) in [7, 11) is 0. The third-order valence-electron chi connectivity index (χ3n) is 4.69. The molecule has 0 radical (unpaired) electrons. The molecule has 3 heterocycles. The molecular weight excluding hydrogens is 362 g/mol. The second-order valence-corrected chi connectivity index (χ2v) is 6.41. The second kappa shape index (κ2) is 7.54. The molecule has 1 aliphatic rings. The van der Waals surface area contributed by atoms with Crippen LogP contribution in [0.2, 0.25) is 0 Å². The fourth-order valence-electron chi connectivity index (χ4n) is 3.28. The number of nitro benzene ring substituents is 1. The Labute approximate surface area is 160 Å². The van der Waals surface area contributed by atoms with Gasteiger partial charge in [-0.05, 0) is 12.1 Å². The maximum Gasteiger partial charge on any atom is 0.273 e. The molecule has 0 N–H and O–H groups in total. The van der Waals surface area contributed by atoms with Crippen LogP contribution in [0.25, 0.3) is 11.7 Å². The number of para-hydroxylation sites is 1. The Morgan fingerprint density at radius 1 is 1.18 bits per heavy atom. The van der Waals surface area contributed by atoms with Crippen LogP contribution < -0.4 is 4.90 Å². The minimum Gasteiger partial charge on any atom is -0.459 e. The molecule has 0 aliphatic carbocycles. The first-order valence-corrected chi connectivity index (χ1v) is 8.80. The van der Waals surface area contributed by atoms with Crippen molar-refractivity contribution >= 4 is 11.6 Å². The zero-order chi connectivity index (χ0) is 19.5. The van der Waals surface area contributed by atoms with Crippen molar-refractivity contribution in [3.8, 4) is 17.7 Å². The van der Waals surface area contributed by atoms with E-state index in [4.69, 9.17) is 8.83 Å². The molecule has 0 spiro atoms. The van der Waals surface area contributed by atoms with Gasteiger partial charge in [0.05, 0.1) is 11.2 Å². The molecule has 1 saturated heterocycles. The van der Waals surface area contributed by atoms with Gasteiger partial charge in [0, 0.05) is 44.4 Å². The summed E-state index contributed by atoms with van der Waals surface area (Å²) in [4.78, 5) is 19.2. The smallest absolute Gasteiger partial charge is 0.273 e. The highest BCUT2D eigenvalue weighted by atomic mass is 16.6. The normalized spacial score (nSPS) is 14.8. The molecule has 0 amide bonds. The summed E-state index contributed by atoms with van der Waals surface area (Å²) >= 11 is 0. The van der Waals surface area contributed by atoms with Gasteiger partial charge in [-0.3, -0.25) is 15.0 Å². The molecule has 9 nitrogen and oxygen atoms in total. The van der Waals surface area contributed by atoms with Crippen LogP contribution in [0.15, 0.2) is 51.5 Å². The number of hydrogen-bond donors (Lipinski definition) is 0. The van der Waals surface area contributed by atoms with Crippen molar-refractivity contribution in [2.75, 3.05) is 31.1 Å². The number of aromatic nitrogens is 1. The highest BCUT2D eigenvalue weighted by Gasteiger charge is 2.26. The van der Waals surface area contributed by atoms with Crippen molar-refractivity contribution in [2.45, 2.75) is 6.54 Å². The summed E-state index contributed by atoms with van der Waals surface area (Å²) in [5.74, 6) is 1.18. The van der Waals surface area contributed by atoms with E-state index in [-0.39, 0.29) is 22.2 Å². The van der Waals surface area contributed by atoms with Crippen LogP contribution in [0.4, 0.5) is 11.6 Å². The number of nitriles is 1. The zero-order valence-corrected chi connectivity index (χ0v) is 14.9. The number of furan rings is 1. The molecular formula is C19H17N5O4. The van der Waals surface area contributed by atoms with E-state index in [1.807, 2.05) is 11.0 Å². The van der Waals surface area contributed by atoms with Crippen LogP contribution in [0.5, 0.6) is 0 Å². The van der Waals surface area contributed by atoms with Crippen molar-refractivity contribution in [2.24, 2.45) is 0 Å². The molecule has 9 heteroatoms. The predicted molar refractivity (Wildman–Crippen MR) is 99.5 cm³/mol. The van der Waals surface area contributed by atoms with Crippen molar-refractivity contribution in [1.82, 2.24) is 9.88 Å². The maximum absolute atomic E-state index is 11.2. The van der Waals surface area contributed by atoms with Gasteiger partial charge in [0.1, 0.15) is 6.07 Å². The summed E-state index contributed by atoms with van der Waals surface area (Å²) in [5, 5.41) is 20.6. The Balaban J connectivity index is 1.45. The number of anilines is 1. The third kappa shape index (κ3) is 3.45. The minimum absolute atomic E-state index is 0.134. The Morgan fingerprint density at radius 3 is 2.64 bits per heavy atom. The van der Waals surface area contributed by atoms with Crippen molar-refractivity contribution in [1.29, 1.82) is 5.26 Å². The quantitative estimate of drug-likeness (QED) is 0.491. The number of oxazole rings is 1. The van der Waals surface area contributed by atoms with Gasteiger partial charge in [-0.1, -0.05) is 18.2 Å². The minimum atomic E-state index is -0.352. The van der Waals surface area contributed by atoms with E-state index >= 15 is 0 Å². The molecule has 0 unspecified atom stereocenters. The number of rotatable bonds is 5. The fraction of sp³-hybridized carbons (Fsp3) is 0.263. The van der Waals surface area contributed by atoms with E-state index in [1.54, 1.807) is 24.3 Å². The molecule has 0 atom stereocenters. The van der Waals surface area contributed by atoms with E-state index in [9.17, 15) is 15.4 Å². The summed E-state index contributed by atoms with van der Waals surface area (Å²) in [5.41, 5.74) is 1.05. The monoisotopic (exact) mass is 379 g/mol. The first-order valence-electron chi connectivity index (χ1n) is 8.80. The second-order valence-electron chi connectivity index (χ2n) is 6.41. The molecule has 1 fully saturated rings. The van der Waals surface area contributed by atoms with Crippen LogP contribution in [-0.2, 0) is 6.54 Å². The lowest BCUT2D eigenvalue weighted by Crippen LogP contribution is -2.46. The molecule has 2 aromatic heterocycles. The van der Waals surface area contributed by atoms with E-state index < -0.39 is 0 Å². The Kier molecular flexibility index (Phi) is 4.78. The van der Waals surface area contributed by atoms with E-state index in [2.05, 4.69) is 16.0 Å². The van der Waals surface area contributed by atoms with Gasteiger partial charge in [-0.25, -0.2) is 0 Å². The summed E-state index contributed by atoms with van der Waals surface area (Å²) < 4.78 is 11.1. The van der Waals surface area contributed by atoms with Crippen LogP contribution in [0.3, 0.4) is 0 Å². The lowest BCUT2D eigenvalue weighted by atomic mass is 10.1. The highest BCUT2D eigenvalue weighted by Crippen LogP contribution is 2.29. The van der Waals surface area contributed by atoms with Crippen LogP contribution >= 0.6 is 0 Å². The Morgan fingerprint density at radius 2 is 1.96 bits per heavy atom.